The third-order valence-corrected chi connectivity index (χ3v) is 6.20. The summed E-state index contributed by atoms with van der Waals surface area (Å²) in [6.07, 6.45) is 0.857. The van der Waals surface area contributed by atoms with Gasteiger partial charge in [0, 0.05) is 36.3 Å². The van der Waals surface area contributed by atoms with Gasteiger partial charge in [-0.1, -0.05) is 6.07 Å². The summed E-state index contributed by atoms with van der Waals surface area (Å²) < 4.78 is 3.57. The van der Waals surface area contributed by atoms with Gasteiger partial charge < -0.3 is 5.32 Å². The molecule has 2 heterocycles. The van der Waals surface area contributed by atoms with Gasteiger partial charge in [-0.15, -0.1) is 0 Å². The second-order valence-corrected chi connectivity index (χ2v) is 6.94. The van der Waals surface area contributed by atoms with Gasteiger partial charge in [-0.3, -0.25) is 9.36 Å². The highest BCUT2D eigenvalue weighted by Crippen LogP contribution is 2.35. The average Bonchev–Trinajstić information content (AvgIpc) is 2.74. The van der Waals surface area contributed by atoms with Crippen molar-refractivity contribution < 1.29 is 4.79 Å². The van der Waals surface area contributed by atoms with Crippen LogP contribution in [0, 0.1) is 13.8 Å². The summed E-state index contributed by atoms with van der Waals surface area (Å²) in [7, 11) is 0. The number of fused-ring (bicyclic) bond motifs is 1. The SMILES string of the molecule is Cc1ccc(C(=O)n2c(Br)c(Br)c3c2CCNC3)cc1C. The second kappa shape index (κ2) is 5.71. The smallest absolute Gasteiger partial charge is 0.263 e. The zero-order valence-electron chi connectivity index (χ0n) is 12.0. The number of hydrogen-bond donors (Lipinski definition) is 1. The predicted octanol–water partition coefficient (Wildman–Crippen LogP) is 3.96. The Bertz CT molecular complexity index is 734. The Labute approximate surface area is 141 Å². The van der Waals surface area contributed by atoms with Crippen LogP contribution in [-0.4, -0.2) is 17.0 Å². The zero-order chi connectivity index (χ0) is 15.1. The van der Waals surface area contributed by atoms with E-state index in [2.05, 4.69) is 44.1 Å². The first-order valence-electron chi connectivity index (χ1n) is 6.91. The molecule has 3 rings (SSSR count). The number of carbonyl (C=O) groups excluding carboxylic acids is 1. The van der Waals surface area contributed by atoms with Crippen LogP contribution >= 0.6 is 31.9 Å². The third-order valence-electron chi connectivity index (χ3n) is 4.06. The van der Waals surface area contributed by atoms with E-state index in [1.807, 2.05) is 25.1 Å². The maximum atomic E-state index is 12.9. The van der Waals surface area contributed by atoms with E-state index >= 15 is 0 Å². The van der Waals surface area contributed by atoms with Crippen molar-refractivity contribution in [1.29, 1.82) is 0 Å². The number of hydrogen-bond acceptors (Lipinski definition) is 2. The Kier molecular flexibility index (Phi) is 4.08. The van der Waals surface area contributed by atoms with Crippen LogP contribution in [0.3, 0.4) is 0 Å². The number of halogens is 2. The fourth-order valence-corrected chi connectivity index (χ4v) is 3.84. The number of aromatic nitrogens is 1. The number of carbonyl (C=O) groups is 1. The van der Waals surface area contributed by atoms with Crippen LogP contribution in [0.5, 0.6) is 0 Å². The minimum absolute atomic E-state index is 0.0221. The van der Waals surface area contributed by atoms with Gasteiger partial charge in [0.15, 0.2) is 0 Å². The molecule has 1 aliphatic rings. The molecule has 0 bridgehead atoms. The molecule has 0 aliphatic carbocycles. The van der Waals surface area contributed by atoms with Gasteiger partial charge in [0.2, 0.25) is 0 Å². The lowest BCUT2D eigenvalue weighted by atomic mass is 10.1. The van der Waals surface area contributed by atoms with Crippen molar-refractivity contribution in [2.45, 2.75) is 26.8 Å². The summed E-state index contributed by atoms with van der Waals surface area (Å²) in [6, 6.07) is 5.87. The third kappa shape index (κ3) is 2.51. The first-order valence-corrected chi connectivity index (χ1v) is 8.49. The quantitative estimate of drug-likeness (QED) is 0.770. The Morgan fingerprint density at radius 1 is 1.24 bits per heavy atom. The molecular weight excluding hydrogens is 396 g/mol. The van der Waals surface area contributed by atoms with Crippen LogP contribution in [0.4, 0.5) is 0 Å². The molecule has 1 N–H and O–H groups in total. The Morgan fingerprint density at radius 3 is 2.71 bits per heavy atom. The van der Waals surface area contributed by atoms with Crippen molar-refractivity contribution >= 4 is 37.8 Å². The first-order chi connectivity index (χ1) is 10.0. The van der Waals surface area contributed by atoms with E-state index in [-0.39, 0.29) is 5.91 Å². The van der Waals surface area contributed by atoms with Gasteiger partial charge in [-0.25, -0.2) is 0 Å². The average molecular weight is 412 g/mol. The molecule has 2 aromatic rings. The zero-order valence-corrected chi connectivity index (χ0v) is 15.1. The lowest BCUT2D eigenvalue weighted by Crippen LogP contribution is -2.26. The number of aryl methyl sites for hydroxylation is 2. The molecule has 0 saturated heterocycles. The van der Waals surface area contributed by atoms with Crippen LogP contribution in [-0.2, 0) is 13.0 Å². The fourth-order valence-electron chi connectivity index (χ4n) is 2.68. The normalized spacial score (nSPS) is 14.1. The van der Waals surface area contributed by atoms with E-state index < -0.39 is 0 Å². The molecule has 110 valence electrons. The highest BCUT2D eigenvalue weighted by atomic mass is 79.9. The monoisotopic (exact) mass is 410 g/mol. The van der Waals surface area contributed by atoms with Crippen LogP contribution in [0.15, 0.2) is 27.3 Å². The molecule has 1 aromatic carbocycles. The van der Waals surface area contributed by atoms with Gasteiger partial charge >= 0.3 is 0 Å². The number of nitrogens with one attached hydrogen (secondary N) is 1. The van der Waals surface area contributed by atoms with Gasteiger partial charge in [-0.05, 0) is 69.0 Å². The van der Waals surface area contributed by atoms with E-state index in [4.69, 9.17) is 0 Å². The molecule has 21 heavy (non-hydrogen) atoms. The van der Waals surface area contributed by atoms with Gasteiger partial charge in [-0.2, -0.15) is 0 Å². The van der Waals surface area contributed by atoms with Crippen LogP contribution in [0.1, 0.15) is 32.7 Å². The Balaban J connectivity index is 2.11. The summed E-state index contributed by atoms with van der Waals surface area (Å²) in [5.74, 6) is 0.0221. The Morgan fingerprint density at radius 2 is 2.00 bits per heavy atom. The van der Waals surface area contributed by atoms with Crippen LogP contribution in [0.2, 0.25) is 0 Å². The molecule has 0 amide bonds. The maximum absolute atomic E-state index is 12.9. The summed E-state index contributed by atoms with van der Waals surface area (Å²) in [5.41, 5.74) is 5.33. The lowest BCUT2D eigenvalue weighted by Gasteiger charge is -2.16. The van der Waals surface area contributed by atoms with E-state index in [9.17, 15) is 4.79 Å². The highest BCUT2D eigenvalue weighted by Gasteiger charge is 2.26. The molecule has 0 spiro atoms. The van der Waals surface area contributed by atoms with Crippen molar-refractivity contribution in [3.8, 4) is 0 Å². The first kappa shape index (κ1) is 15.0. The van der Waals surface area contributed by atoms with E-state index in [0.29, 0.717) is 0 Å². The minimum atomic E-state index is 0.0221. The molecule has 0 radical (unpaired) electrons. The molecule has 0 unspecified atom stereocenters. The molecule has 3 nitrogen and oxygen atoms in total. The van der Waals surface area contributed by atoms with Crippen molar-refractivity contribution in [3.63, 3.8) is 0 Å². The number of benzene rings is 1. The summed E-state index contributed by atoms with van der Waals surface area (Å²) in [5, 5.41) is 3.34. The number of nitrogens with zero attached hydrogens (tertiary/aromatic N) is 1. The second-order valence-electron chi connectivity index (χ2n) is 5.40. The predicted molar refractivity (Wildman–Crippen MR) is 90.9 cm³/mol. The Hall–Kier alpha value is -0.910. The molecule has 1 aliphatic heterocycles. The van der Waals surface area contributed by atoms with E-state index in [0.717, 1.165) is 45.4 Å². The fraction of sp³-hybridized carbons (Fsp3) is 0.312. The molecule has 1 aromatic heterocycles. The van der Waals surface area contributed by atoms with Crippen molar-refractivity contribution in [3.05, 3.63) is 55.2 Å². The molecule has 0 saturated carbocycles. The molecule has 5 heteroatoms. The van der Waals surface area contributed by atoms with E-state index in [1.165, 1.54) is 11.1 Å². The van der Waals surface area contributed by atoms with Gasteiger partial charge in [0.25, 0.3) is 5.91 Å². The van der Waals surface area contributed by atoms with Crippen LogP contribution in [0.25, 0.3) is 0 Å². The lowest BCUT2D eigenvalue weighted by molar-refractivity contribution is 0.0954. The van der Waals surface area contributed by atoms with Crippen molar-refractivity contribution in [2.75, 3.05) is 6.54 Å². The molecular formula is C16H16Br2N2O. The van der Waals surface area contributed by atoms with Gasteiger partial charge in [0.05, 0.1) is 4.47 Å². The molecule has 0 atom stereocenters. The largest absolute Gasteiger partial charge is 0.312 e. The van der Waals surface area contributed by atoms with Crippen molar-refractivity contribution in [1.82, 2.24) is 9.88 Å². The standard InChI is InChI=1S/C16H16Br2N2O/c1-9-3-4-11(7-10(9)2)16(21)20-13-5-6-19-8-12(13)14(17)15(20)18/h3-4,7,19H,5-6,8H2,1-2H3. The van der Waals surface area contributed by atoms with Crippen molar-refractivity contribution in [2.24, 2.45) is 0 Å². The van der Waals surface area contributed by atoms with Gasteiger partial charge in [0.1, 0.15) is 4.60 Å². The van der Waals surface area contributed by atoms with Crippen LogP contribution < -0.4 is 5.32 Å². The van der Waals surface area contributed by atoms with E-state index in [1.54, 1.807) is 4.57 Å². The number of rotatable bonds is 1. The minimum Gasteiger partial charge on any atom is -0.312 e. The highest BCUT2D eigenvalue weighted by molar-refractivity contribution is 9.13. The maximum Gasteiger partial charge on any atom is 0.263 e. The molecule has 0 fully saturated rings. The summed E-state index contributed by atoms with van der Waals surface area (Å²) in [6.45, 7) is 5.78. The summed E-state index contributed by atoms with van der Waals surface area (Å²) in [4.78, 5) is 12.9. The topological polar surface area (TPSA) is 34.0 Å². The summed E-state index contributed by atoms with van der Waals surface area (Å²) >= 11 is 7.15.